The van der Waals surface area contributed by atoms with E-state index in [0.717, 1.165) is 16.9 Å². The van der Waals surface area contributed by atoms with Crippen LogP contribution in [0.25, 0.3) is 0 Å². The number of hydrogen-bond acceptors (Lipinski definition) is 6. The van der Waals surface area contributed by atoms with E-state index in [1.165, 1.54) is 19.2 Å². The van der Waals surface area contributed by atoms with Crippen molar-refractivity contribution in [1.29, 1.82) is 0 Å². The molecule has 6 rings (SSSR count). The predicted molar refractivity (Wildman–Crippen MR) is 135 cm³/mol. The Morgan fingerprint density at radius 2 is 1.94 bits per heavy atom. The third-order valence-electron chi connectivity index (χ3n) is 8.01. The topological polar surface area (TPSA) is 90.5 Å². The molecule has 3 fully saturated rings. The molecule has 0 unspecified atom stereocenters. The third-order valence-corrected chi connectivity index (χ3v) is 8.26. The third kappa shape index (κ3) is 4.16. The highest BCUT2D eigenvalue weighted by molar-refractivity contribution is 6.30. The maximum atomic E-state index is 13.9. The number of nitrogens with one attached hydrogen (secondary N) is 2. The monoisotopic (exact) mass is 494 g/mol. The number of nitrogens with zero attached hydrogens (tertiary/aromatic N) is 4. The highest BCUT2D eigenvalue weighted by Crippen LogP contribution is 2.48. The van der Waals surface area contributed by atoms with E-state index in [1.807, 2.05) is 24.3 Å². The summed E-state index contributed by atoms with van der Waals surface area (Å²) in [5.41, 5.74) is 2.02. The summed E-state index contributed by atoms with van der Waals surface area (Å²) in [7, 11) is 0. The lowest BCUT2D eigenvalue weighted by Gasteiger charge is -2.38. The van der Waals surface area contributed by atoms with Crippen molar-refractivity contribution in [3.8, 4) is 0 Å². The second-order valence-electron chi connectivity index (χ2n) is 10.5. The molecule has 9 heteroatoms. The molecular formula is C26H31ClN6O2. The molecule has 2 aromatic rings. The zero-order valence-electron chi connectivity index (χ0n) is 20.1. The van der Waals surface area contributed by atoms with Crippen LogP contribution in [0.4, 0.5) is 11.6 Å². The maximum absolute atomic E-state index is 13.9. The second-order valence-corrected chi connectivity index (χ2v) is 10.9. The van der Waals surface area contributed by atoms with E-state index in [9.17, 15) is 9.59 Å². The normalized spacial score (nSPS) is 28.1. The summed E-state index contributed by atoms with van der Waals surface area (Å²) in [6.45, 7) is 6.28. The lowest BCUT2D eigenvalue weighted by molar-refractivity contribution is -0.134. The van der Waals surface area contributed by atoms with E-state index < -0.39 is 0 Å². The van der Waals surface area contributed by atoms with Crippen molar-refractivity contribution < 1.29 is 9.59 Å². The first-order valence-electron chi connectivity index (χ1n) is 12.6. The van der Waals surface area contributed by atoms with Gasteiger partial charge in [0.1, 0.15) is 18.0 Å². The molecule has 2 saturated carbocycles. The average molecular weight is 495 g/mol. The van der Waals surface area contributed by atoms with Gasteiger partial charge in [-0.1, -0.05) is 37.6 Å². The molecule has 4 aliphatic rings. The SMILES string of the molecule is C[C@@H]1[C@H]2[C@@H]1N(c1ncnc3c1[C@H](C)CC(=O)N3)CCN2C(=O)[C@H](CNC1CC1)c1ccc(Cl)cc1. The summed E-state index contributed by atoms with van der Waals surface area (Å²) >= 11 is 6.12. The van der Waals surface area contributed by atoms with Gasteiger partial charge in [-0.2, -0.15) is 0 Å². The smallest absolute Gasteiger partial charge is 0.231 e. The Labute approximate surface area is 210 Å². The first kappa shape index (κ1) is 22.7. The molecule has 3 heterocycles. The Morgan fingerprint density at radius 1 is 1.17 bits per heavy atom. The van der Waals surface area contributed by atoms with E-state index in [-0.39, 0.29) is 35.7 Å². The fourth-order valence-electron chi connectivity index (χ4n) is 5.92. The molecule has 2 aliphatic heterocycles. The van der Waals surface area contributed by atoms with Gasteiger partial charge in [0, 0.05) is 48.6 Å². The Bertz CT molecular complexity index is 1150. The number of benzene rings is 1. The van der Waals surface area contributed by atoms with Crippen molar-refractivity contribution >= 4 is 35.1 Å². The highest BCUT2D eigenvalue weighted by atomic mass is 35.5. The van der Waals surface area contributed by atoms with Crippen LogP contribution in [0.5, 0.6) is 0 Å². The minimum absolute atomic E-state index is 0.00391. The lowest BCUT2D eigenvalue weighted by atomic mass is 9.94. The number of rotatable bonds is 6. The fourth-order valence-corrected chi connectivity index (χ4v) is 6.05. The molecule has 2 aliphatic carbocycles. The van der Waals surface area contributed by atoms with Crippen molar-refractivity contribution in [2.45, 2.75) is 63.1 Å². The second kappa shape index (κ2) is 8.75. The Kier molecular flexibility index (Phi) is 5.68. The average Bonchev–Trinajstić information content (AvgIpc) is 3.77. The molecule has 0 spiro atoms. The molecule has 1 saturated heterocycles. The van der Waals surface area contributed by atoms with Gasteiger partial charge in [0.25, 0.3) is 0 Å². The van der Waals surface area contributed by atoms with E-state index in [0.29, 0.717) is 48.9 Å². The van der Waals surface area contributed by atoms with Crippen LogP contribution in [-0.2, 0) is 9.59 Å². The predicted octanol–water partition coefficient (Wildman–Crippen LogP) is 3.15. The quantitative estimate of drug-likeness (QED) is 0.641. The molecule has 5 atom stereocenters. The number of carbonyl (C=O) groups is 2. The molecule has 0 radical (unpaired) electrons. The zero-order chi connectivity index (χ0) is 24.3. The van der Waals surface area contributed by atoms with Gasteiger partial charge in [-0.25, -0.2) is 9.97 Å². The van der Waals surface area contributed by atoms with Crippen LogP contribution in [-0.4, -0.2) is 64.4 Å². The van der Waals surface area contributed by atoms with Crippen molar-refractivity contribution in [1.82, 2.24) is 20.2 Å². The van der Waals surface area contributed by atoms with E-state index >= 15 is 0 Å². The number of piperazine rings is 1. The van der Waals surface area contributed by atoms with Crippen LogP contribution < -0.4 is 15.5 Å². The van der Waals surface area contributed by atoms with E-state index in [2.05, 4.69) is 44.2 Å². The summed E-state index contributed by atoms with van der Waals surface area (Å²) in [6, 6.07) is 8.61. The van der Waals surface area contributed by atoms with Gasteiger partial charge in [0.05, 0.1) is 18.0 Å². The van der Waals surface area contributed by atoms with Crippen molar-refractivity contribution in [3.63, 3.8) is 0 Å². The number of carbonyl (C=O) groups excluding carboxylic acids is 2. The molecule has 2 N–H and O–H groups in total. The van der Waals surface area contributed by atoms with Gasteiger partial charge >= 0.3 is 0 Å². The van der Waals surface area contributed by atoms with Gasteiger partial charge in [0.2, 0.25) is 11.8 Å². The molecule has 184 valence electrons. The van der Waals surface area contributed by atoms with Crippen LogP contribution in [0.1, 0.15) is 56.1 Å². The number of hydrogen-bond donors (Lipinski definition) is 2. The molecule has 1 aromatic heterocycles. The minimum atomic E-state index is -0.227. The summed E-state index contributed by atoms with van der Waals surface area (Å²) in [6.07, 6.45) is 4.34. The number of anilines is 2. The largest absolute Gasteiger partial charge is 0.349 e. The first-order chi connectivity index (χ1) is 16.9. The molecule has 35 heavy (non-hydrogen) atoms. The zero-order valence-corrected chi connectivity index (χ0v) is 20.8. The number of amides is 2. The minimum Gasteiger partial charge on any atom is -0.349 e. The Hall–Kier alpha value is -2.71. The van der Waals surface area contributed by atoms with Crippen molar-refractivity contribution in [2.24, 2.45) is 5.92 Å². The van der Waals surface area contributed by atoms with E-state index in [1.54, 1.807) is 0 Å². The Morgan fingerprint density at radius 3 is 2.69 bits per heavy atom. The first-order valence-corrected chi connectivity index (χ1v) is 13.0. The van der Waals surface area contributed by atoms with Gasteiger partial charge in [-0.05, 0) is 36.5 Å². The summed E-state index contributed by atoms with van der Waals surface area (Å²) in [4.78, 5) is 39.4. The van der Waals surface area contributed by atoms with E-state index in [4.69, 9.17) is 11.6 Å². The summed E-state index contributed by atoms with van der Waals surface area (Å²) in [5, 5.41) is 7.15. The van der Waals surface area contributed by atoms with Crippen molar-refractivity contribution in [2.75, 3.05) is 29.9 Å². The summed E-state index contributed by atoms with van der Waals surface area (Å²) in [5.74, 6) is 1.89. The van der Waals surface area contributed by atoms with Crippen LogP contribution in [0.2, 0.25) is 5.02 Å². The molecule has 2 amide bonds. The highest BCUT2D eigenvalue weighted by Gasteiger charge is 2.59. The van der Waals surface area contributed by atoms with Crippen LogP contribution in [0.3, 0.4) is 0 Å². The van der Waals surface area contributed by atoms with Crippen LogP contribution in [0.15, 0.2) is 30.6 Å². The molecule has 0 bridgehead atoms. The van der Waals surface area contributed by atoms with Crippen LogP contribution >= 0.6 is 11.6 Å². The van der Waals surface area contributed by atoms with Gasteiger partial charge in [-0.3, -0.25) is 9.59 Å². The number of fused-ring (bicyclic) bond motifs is 2. The van der Waals surface area contributed by atoms with Gasteiger partial charge < -0.3 is 20.4 Å². The van der Waals surface area contributed by atoms with Gasteiger partial charge in [-0.15, -0.1) is 0 Å². The lowest BCUT2D eigenvalue weighted by Crippen LogP contribution is -2.51. The Balaban J connectivity index is 1.24. The molecule has 8 nitrogen and oxygen atoms in total. The van der Waals surface area contributed by atoms with Crippen molar-refractivity contribution in [3.05, 3.63) is 46.7 Å². The maximum Gasteiger partial charge on any atom is 0.231 e. The summed E-state index contributed by atoms with van der Waals surface area (Å²) < 4.78 is 0. The number of aromatic nitrogens is 2. The number of halogens is 1. The molecular weight excluding hydrogens is 464 g/mol. The fraction of sp³-hybridized carbons (Fsp3) is 0.538. The van der Waals surface area contributed by atoms with Crippen LogP contribution in [0, 0.1) is 5.92 Å². The molecule has 1 aromatic carbocycles. The standard InChI is InChI=1S/C26H31ClN6O2/c1-14-11-20(34)31-24-21(14)25(30-13-29-24)32-9-10-33(23-15(2)22(23)32)26(35)19(12-28-18-7-8-18)16-3-5-17(27)6-4-16/h3-6,13-15,18-19,22-23,28H,7-12H2,1-2H3,(H,29,30,31,34)/t14-,15+,19-,22-,23+/m1/s1. The van der Waals surface area contributed by atoms with Gasteiger partial charge in [0.15, 0.2) is 0 Å².